The summed E-state index contributed by atoms with van der Waals surface area (Å²) in [4.78, 5) is 26.9. The number of rotatable bonds is 9. The lowest BCUT2D eigenvalue weighted by atomic mass is 10.1. The second-order valence-electron chi connectivity index (χ2n) is 6.48. The zero-order chi connectivity index (χ0) is 21.4. The lowest BCUT2D eigenvalue weighted by molar-refractivity contribution is -0.142. The molecule has 0 aromatic heterocycles. The summed E-state index contributed by atoms with van der Waals surface area (Å²) in [5.41, 5.74) is 0.770. The van der Waals surface area contributed by atoms with Crippen LogP contribution in [-0.4, -0.2) is 35.9 Å². The second-order valence-corrected chi connectivity index (χ2v) is 8.21. The Hall–Kier alpha value is -1.76. The van der Waals surface area contributed by atoms with Gasteiger partial charge in [0.05, 0.1) is 10.0 Å². The number of nitrogens with one attached hydrogen (secondary N) is 1. The second kappa shape index (κ2) is 11.4. The number of benzene rings is 2. The van der Waals surface area contributed by atoms with Crippen molar-refractivity contribution in [1.82, 2.24) is 10.2 Å². The highest BCUT2D eigenvalue weighted by molar-refractivity contribution is 9.10. The van der Waals surface area contributed by atoms with Crippen LogP contribution in [0, 0.1) is 0 Å². The quantitative estimate of drug-likeness (QED) is 0.521. The Morgan fingerprint density at radius 1 is 1.14 bits per heavy atom. The number of halogens is 3. The van der Waals surface area contributed by atoms with E-state index < -0.39 is 6.04 Å². The third-order valence-electron chi connectivity index (χ3n) is 4.23. The molecule has 5 nitrogen and oxygen atoms in total. The van der Waals surface area contributed by atoms with Crippen molar-refractivity contribution in [3.63, 3.8) is 0 Å². The van der Waals surface area contributed by atoms with Gasteiger partial charge in [0, 0.05) is 17.6 Å². The SMILES string of the molecule is CCCNC(=O)[C@H](C)N(Cc1ccc(Cl)c(Cl)c1)C(=O)COc1ccc(Br)cc1. The fourth-order valence-corrected chi connectivity index (χ4v) is 3.16. The predicted octanol–water partition coefficient (Wildman–Crippen LogP) is 5.08. The molecular weight excluding hydrogens is 479 g/mol. The Bertz CT molecular complexity index is 846. The minimum Gasteiger partial charge on any atom is -0.484 e. The summed E-state index contributed by atoms with van der Waals surface area (Å²) in [6.07, 6.45) is 0.811. The van der Waals surface area contributed by atoms with Gasteiger partial charge in [-0.1, -0.05) is 52.1 Å². The molecule has 29 heavy (non-hydrogen) atoms. The third-order valence-corrected chi connectivity index (χ3v) is 5.50. The molecule has 0 heterocycles. The van der Waals surface area contributed by atoms with Gasteiger partial charge in [0.25, 0.3) is 5.91 Å². The van der Waals surface area contributed by atoms with Crippen molar-refractivity contribution in [3.05, 3.63) is 62.5 Å². The standard InChI is InChI=1S/C21H23BrCl2N2O3/c1-3-10-25-21(28)14(2)26(12-15-4-9-18(23)19(24)11-15)20(27)13-29-17-7-5-16(22)6-8-17/h4-9,11,14H,3,10,12-13H2,1-2H3,(H,25,28)/t14-/m0/s1. The molecule has 2 amide bonds. The van der Waals surface area contributed by atoms with E-state index in [9.17, 15) is 9.59 Å². The maximum atomic E-state index is 12.9. The highest BCUT2D eigenvalue weighted by Crippen LogP contribution is 2.24. The molecule has 0 saturated heterocycles. The van der Waals surface area contributed by atoms with Gasteiger partial charge in [-0.2, -0.15) is 0 Å². The number of hydrogen-bond donors (Lipinski definition) is 1. The van der Waals surface area contributed by atoms with E-state index in [1.807, 2.05) is 19.1 Å². The molecule has 0 bridgehead atoms. The largest absolute Gasteiger partial charge is 0.484 e. The molecule has 2 aromatic carbocycles. The van der Waals surface area contributed by atoms with Gasteiger partial charge < -0.3 is 15.0 Å². The minimum atomic E-state index is -0.669. The van der Waals surface area contributed by atoms with Crippen molar-refractivity contribution >= 4 is 50.9 Å². The molecule has 2 aromatic rings. The molecule has 8 heteroatoms. The normalized spacial score (nSPS) is 11.6. The fraction of sp³-hybridized carbons (Fsp3) is 0.333. The van der Waals surface area contributed by atoms with Crippen LogP contribution in [0.3, 0.4) is 0 Å². The fourth-order valence-electron chi connectivity index (χ4n) is 2.57. The molecule has 0 aliphatic heterocycles. The molecule has 0 unspecified atom stereocenters. The van der Waals surface area contributed by atoms with Crippen LogP contribution in [0.1, 0.15) is 25.8 Å². The van der Waals surface area contributed by atoms with Crippen LogP contribution in [0.5, 0.6) is 5.75 Å². The van der Waals surface area contributed by atoms with E-state index in [1.165, 1.54) is 4.90 Å². The van der Waals surface area contributed by atoms with Gasteiger partial charge in [-0.05, 0) is 55.3 Å². The van der Waals surface area contributed by atoms with E-state index in [1.54, 1.807) is 37.3 Å². The van der Waals surface area contributed by atoms with E-state index in [2.05, 4.69) is 21.2 Å². The van der Waals surface area contributed by atoms with Crippen molar-refractivity contribution in [2.75, 3.05) is 13.2 Å². The molecular formula is C21H23BrCl2N2O3. The van der Waals surface area contributed by atoms with Gasteiger partial charge in [-0.15, -0.1) is 0 Å². The minimum absolute atomic E-state index is 0.186. The van der Waals surface area contributed by atoms with Gasteiger partial charge in [-0.3, -0.25) is 9.59 Å². The number of nitrogens with zero attached hydrogens (tertiary/aromatic N) is 1. The average molecular weight is 502 g/mol. The molecule has 0 aliphatic rings. The molecule has 0 fully saturated rings. The van der Waals surface area contributed by atoms with Crippen molar-refractivity contribution in [2.45, 2.75) is 32.9 Å². The Morgan fingerprint density at radius 2 is 1.83 bits per heavy atom. The first kappa shape index (κ1) is 23.5. The Morgan fingerprint density at radius 3 is 2.45 bits per heavy atom. The summed E-state index contributed by atoms with van der Waals surface area (Å²) in [7, 11) is 0. The van der Waals surface area contributed by atoms with Crippen LogP contribution >= 0.6 is 39.1 Å². The zero-order valence-corrected chi connectivity index (χ0v) is 19.4. The van der Waals surface area contributed by atoms with Crippen LogP contribution in [0.2, 0.25) is 10.0 Å². The van der Waals surface area contributed by atoms with Crippen molar-refractivity contribution in [3.8, 4) is 5.75 Å². The summed E-state index contributed by atoms with van der Waals surface area (Å²) in [5, 5.41) is 3.65. The first-order valence-corrected chi connectivity index (χ1v) is 10.8. The highest BCUT2D eigenvalue weighted by Gasteiger charge is 2.26. The van der Waals surface area contributed by atoms with E-state index in [4.69, 9.17) is 27.9 Å². The molecule has 0 aliphatic carbocycles. The van der Waals surface area contributed by atoms with Gasteiger partial charge in [0.15, 0.2) is 6.61 Å². The van der Waals surface area contributed by atoms with E-state index >= 15 is 0 Å². The summed E-state index contributed by atoms with van der Waals surface area (Å²) < 4.78 is 6.52. The smallest absolute Gasteiger partial charge is 0.261 e. The number of hydrogen-bond acceptors (Lipinski definition) is 3. The van der Waals surface area contributed by atoms with Crippen molar-refractivity contribution < 1.29 is 14.3 Å². The number of amides is 2. The molecule has 0 spiro atoms. The number of carbonyl (C=O) groups is 2. The molecule has 156 valence electrons. The van der Waals surface area contributed by atoms with Crippen LogP contribution < -0.4 is 10.1 Å². The van der Waals surface area contributed by atoms with Gasteiger partial charge in [-0.25, -0.2) is 0 Å². The molecule has 0 saturated carbocycles. The van der Waals surface area contributed by atoms with Crippen molar-refractivity contribution in [1.29, 1.82) is 0 Å². The zero-order valence-electron chi connectivity index (χ0n) is 16.3. The lowest BCUT2D eigenvalue weighted by Gasteiger charge is -2.28. The molecule has 1 N–H and O–H groups in total. The monoisotopic (exact) mass is 500 g/mol. The van der Waals surface area contributed by atoms with Crippen LogP contribution in [-0.2, 0) is 16.1 Å². The molecule has 2 rings (SSSR count). The summed E-state index contributed by atoms with van der Waals surface area (Å²) >= 11 is 15.4. The highest BCUT2D eigenvalue weighted by atomic mass is 79.9. The lowest BCUT2D eigenvalue weighted by Crippen LogP contribution is -2.49. The maximum Gasteiger partial charge on any atom is 0.261 e. The number of ether oxygens (including phenoxy) is 1. The van der Waals surface area contributed by atoms with Gasteiger partial charge in [0.1, 0.15) is 11.8 Å². The Kier molecular flexibility index (Phi) is 9.27. The first-order valence-electron chi connectivity index (χ1n) is 9.21. The molecule has 0 radical (unpaired) electrons. The Labute approximate surface area is 189 Å². The van der Waals surface area contributed by atoms with Gasteiger partial charge >= 0.3 is 0 Å². The van der Waals surface area contributed by atoms with Crippen LogP contribution in [0.25, 0.3) is 0 Å². The maximum absolute atomic E-state index is 12.9. The summed E-state index contributed by atoms with van der Waals surface area (Å²) in [6, 6.07) is 11.6. The van der Waals surface area contributed by atoms with E-state index in [-0.39, 0.29) is 25.0 Å². The van der Waals surface area contributed by atoms with E-state index in [0.29, 0.717) is 22.3 Å². The van der Waals surface area contributed by atoms with Gasteiger partial charge in [0.2, 0.25) is 5.91 Å². The topological polar surface area (TPSA) is 58.6 Å². The predicted molar refractivity (Wildman–Crippen MR) is 119 cm³/mol. The summed E-state index contributed by atoms with van der Waals surface area (Å²) in [6.45, 7) is 4.23. The number of carbonyl (C=O) groups excluding carboxylic acids is 2. The average Bonchev–Trinajstić information content (AvgIpc) is 2.71. The first-order chi connectivity index (χ1) is 13.8. The Balaban J connectivity index is 2.15. The van der Waals surface area contributed by atoms with E-state index in [0.717, 1.165) is 16.5 Å². The van der Waals surface area contributed by atoms with Crippen LogP contribution in [0.4, 0.5) is 0 Å². The molecule has 1 atom stereocenters. The third kappa shape index (κ3) is 7.21. The van der Waals surface area contributed by atoms with Crippen LogP contribution in [0.15, 0.2) is 46.9 Å². The summed E-state index contributed by atoms with van der Waals surface area (Å²) in [5.74, 6) is 0.0427. The van der Waals surface area contributed by atoms with Crippen molar-refractivity contribution in [2.24, 2.45) is 0 Å².